The minimum Gasteiger partial charge on any atom is -0.366 e. The molecule has 350 valence electrons. The van der Waals surface area contributed by atoms with Crippen molar-refractivity contribution in [1.82, 2.24) is 16.0 Å². The highest BCUT2D eigenvalue weighted by molar-refractivity contribution is 7.86. The third kappa shape index (κ3) is 13.3. The summed E-state index contributed by atoms with van der Waals surface area (Å²) >= 11 is 0. The molecular formula is C56H50N6O6P2. The minimum absolute atomic E-state index is 0.180. The largest absolute Gasteiger partial charge is 0.366 e. The first-order valence-electron chi connectivity index (χ1n) is 22.0. The highest BCUT2D eigenvalue weighted by Crippen LogP contribution is 2.44. The summed E-state index contributed by atoms with van der Waals surface area (Å²) in [5.74, 6) is -1.74. The van der Waals surface area contributed by atoms with Gasteiger partial charge in [-0.15, -0.1) is 0 Å². The van der Waals surface area contributed by atoms with Crippen molar-refractivity contribution in [3.63, 3.8) is 0 Å². The lowest BCUT2D eigenvalue weighted by Crippen LogP contribution is -2.39. The predicted molar refractivity (Wildman–Crippen MR) is 279 cm³/mol. The standard InChI is InChI=1S/C28H25N2O3P.C19H16NO2P.C9H9N3O/c31-27(29-20-22-12-4-1-5-13-22)21-30-28(32)25-18-10-11-19-26(25)34(33,23-14-6-2-7-15-23)24-16-8-3-9-17-24;20-19(21)17-13-7-8-14-18(17)23(22,15-9-3-1-4-10-15)16-11-5-2-6-12-16;10-12-7-9(13)11-6-8-4-2-1-3-5-8/h1-19H,20-21H2,(H,29,31)(H,30,32);1-14H,(H2,20,21);1-5,7H,6H2,(H,11,13). The summed E-state index contributed by atoms with van der Waals surface area (Å²) in [5.41, 5.74) is 16.1. The van der Waals surface area contributed by atoms with Crippen LogP contribution in [0.15, 0.2) is 231 Å². The molecule has 0 aliphatic heterocycles. The highest BCUT2D eigenvalue weighted by Gasteiger charge is 2.34. The second-order valence-electron chi connectivity index (χ2n) is 15.4. The minimum atomic E-state index is -3.33. The number of hydrogen-bond donors (Lipinski definition) is 4. The van der Waals surface area contributed by atoms with Gasteiger partial charge in [-0.3, -0.25) is 19.2 Å². The maximum atomic E-state index is 14.7. The van der Waals surface area contributed by atoms with Gasteiger partial charge in [0.15, 0.2) is 14.3 Å². The molecule has 0 spiro atoms. The molecule has 0 aromatic heterocycles. The Morgan fingerprint density at radius 3 is 1.16 bits per heavy atom. The van der Waals surface area contributed by atoms with Gasteiger partial charge in [0.05, 0.1) is 17.7 Å². The van der Waals surface area contributed by atoms with E-state index in [1.807, 2.05) is 182 Å². The first-order valence-corrected chi connectivity index (χ1v) is 25.5. The van der Waals surface area contributed by atoms with Gasteiger partial charge in [0.25, 0.3) is 5.91 Å². The fraction of sp³-hybridized carbons (Fsp3) is 0.0536. The first-order chi connectivity index (χ1) is 34.0. The normalized spacial score (nSPS) is 10.6. The van der Waals surface area contributed by atoms with Crippen LogP contribution in [-0.2, 0) is 31.8 Å². The molecule has 0 radical (unpaired) electrons. The van der Waals surface area contributed by atoms with Crippen molar-refractivity contribution in [2.24, 2.45) is 5.73 Å². The van der Waals surface area contributed by atoms with Gasteiger partial charge < -0.3 is 36.3 Å². The van der Waals surface area contributed by atoms with Gasteiger partial charge in [0.1, 0.15) is 0 Å². The average Bonchev–Trinajstić information content (AvgIpc) is 3.42. The van der Waals surface area contributed by atoms with E-state index < -0.39 is 32.0 Å². The van der Waals surface area contributed by atoms with Crippen molar-refractivity contribution in [2.45, 2.75) is 13.1 Å². The van der Waals surface area contributed by atoms with Gasteiger partial charge >= 0.3 is 12.1 Å². The topological polar surface area (TPSA) is 201 Å². The number of rotatable bonds is 15. The van der Waals surface area contributed by atoms with Crippen LogP contribution in [0.1, 0.15) is 31.8 Å². The molecule has 0 heterocycles. The average molecular weight is 965 g/mol. The van der Waals surface area contributed by atoms with E-state index in [-0.39, 0.29) is 18.0 Å². The van der Waals surface area contributed by atoms with Crippen LogP contribution in [0, 0.1) is 0 Å². The van der Waals surface area contributed by atoms with Crippen LogP contribution in [0.4, 0.5) is 0 Å². The van der Waals surface area contributed by atoms with Gasteiger partial charge in [-0.05, 0) is 23.3 Å². The van der Waals surface area contributed by atoms with Crippen LogP contribution >= 0.6 is 14.3 Å². The number of nitrogens with one attached hydrogen (secondary N) is 3. The Bertz CT molecular complexity index is 3060. The zero-order valence-corrected chi connectivity index (χ0v) is 39.7. The van der Waals surface area contributed by atoms with E-state index >= 15 is 0 Å². The molecule has 12 nitrogen and oxygen atoms in total. The van der Waals surface area contributed by atoms with Crippen molar-refractivity contribution < 1.29 is 33.1 Å². The second-order valence-corrected chi connectivity index (χ2v) is 20.8. The summed E-state index contributed by atoms with van der Waals surface area (Å²) in [6, 6.07) is 69.5. The van der Waals surface area contributed by atoms with E-state index in [0.29, 0.717) is 50.5 Å². The Hall–Kier alpha value is -8.52. The molecule has 14 heteroatoms. The van der Waals surface area contributed by atoms with E-state index in [4.69, 9.17) is 11.3 Å². The number of nitrogens with two attached hydrogens (primary N) is 1. The maximum Gasteiger partial charge on any atom is 0.344 e. The molecule has 0 bridgehead atoms. The molecule has 4 amide bonds. The number of carbonyl (C=O) groups excluding carboxylic acids is 4. The van der Waals surface area contributed by atoms with E-state index in [1.54, 1.807) is 48.5 Å². The molecule has 70 heavy (non-hydrogen) atoms. The molecule has 8 aromatic rings. The Morgan fingerprint density at radius 1 is 0.443 bits per heavy atom. The number of benzene rings is 8. The molecule has 0 unspecified atom stereocenters. The van der Waals surface area contributed by atoms with E-state index in [0.717, 1.165) is 17.3 Å². The zero-order valence-electron chi connectivity index (χ0n) is 38.0. The molecule has 0 aliphatic carbocycles. The van der Waals surface area contributed by atoms with Gasteiger partial charge in [-0.2, -0.15) is 4.79 Å². The summed E-state index contributed by atoms with van der Waals surface area (Å²) in [6.45, 7) is 0.635. The molecule has 5 N–H and O–H groups in total. The Morgan fingerprint density at radius 2 is 0.771 bits per heavy atom. The van der Waals surface area contributed by atoms with Crippen molar-refractivity contribution >= 4 is 76.0 Å². The lowest BCUT2D eigenvalue weighted by molar-refractivity contribution is -0.120. The van der Waals surface area contributed by atoms with Crippen LogP contribution in [0.3, 0.4) is 0 Å². The third-order valence-corrected chi connectivity index (χ3v) is 16.9. The van der Waals surface area contributed by atoms with Crippen LogP contribution in [0.5, 0.6) is 0 Å². The molecule has 0 saturated carbocycles. The SMILES string of the molecule is NC(=O)c1ccccc1P(=O)(c1ccccc1)c1ccccc1.O=C(CNC(=O)c1ccccc1P(=O)(c1ccccc1)c1ccccc1)NCc1ccccc1.[N-]=[N+]=CC(=O)NCc1ccccc1. The number of carbonyl (C=O) groups is 4. The number of amides is 4. The molecule has 8 aromatic carbocycles. The zero-order chi connectivity index (χ0) is 49.6. The predicted octanol–water partition coefficient (Wildman–Crippen LogP) is 6.40. The first kappa shape index (κ1) is 50.9. The Kier molecular flexibility index (Phi) is 18.6. The Labute approximate surface area is 407 Å². The molecule has 0 saturated heterocycles. The van der Waals surface area contributed by atoms with Gasteiger partial charge in [0, 0.05) is 44.9 Å². The summed E-state index contributed by atoms with van der Waals surface area (Å²) in [4.78, 5) is 50.7. The number of hydrogen-bond acceptors (Lipinski definition) is 6. The monoisotopic (exact) mass is 964 g/mol. The number of nitrogens with zero attached hydrogens (tertiary/aromatic N) is 2. The van der Waals surface area contributed by atoms with E-state index in [9.17, 15) is 28.3 Å². The summed E-state index contributed by atoms with van der Waals surface area (Å²) in [6.07, 6.45) is 0.822. The van der Waals surface area contributed by atoms with Crippen molar-refractivity contribution in [1.29, 1.82) is 0 Å². The lowest BCUT2D eigenvalue weighted by atomic mass is 10.2. The van der Waals surface area contributed by atoms with Crippen LogP contribution < -0.4 is 53.5 Å². The van der Waals surface area contributed by atoms with Gasteiger partial charge in [-0.25, -0.2) is 0 Å². The quantitative estimate of drug-likeness (QED) is 0.0397. The molecular weight excluding hydrogens is 915 g/mol. The lowest BCUT2D eigenvalue weighted by Gasteiger charge is -2.22. The smallest absolute Gasteiger partial charge is 0.344 e. The maximum absolute atomic E-state index is 14.7. The fourth-order valence-corrected chi connectivity index (χ4v) is 13.0. The summed E-state index contributed by atoms with van der Waals surface area (Å²) < 4.78 is 28.8. The third-order valence-electron chi connectivity index (χ3n) is 10.7. The number of primary amides is 1. The summed E-state index contributed by atoms with van der Waals surface area (Å²) in [5, 5.41) is 11.6. The van der Waals surface area contributed by atoms with E-state index in [1.165, 1.54) is 0 Å². The molecule has 8 rings (SSSR count). The van der Waals surface area contributed by atoms with Crippen LogP contribution in [-0.4, -0.2) is 41.2 Å². The van der Waals surface area contributed by atoms with Crippen molar-refractivity contribution in [3.05, 3.63) is 258 Å². The van der Waals surface area contributed by atoms with Gasteiger partial charge in [0.2, 0.25) is 11.8 Å². The molecule has 0 fully saturated rings. The van der Waals surface area contributed by atoms with Crippen LogP contribution in [0.2, 0.25) is 0 Å². The highest BCUT2D eigenvalue weighted by atomic mass is 31.2. The van der Waals surface area contributed by atoms with Gasteiger partial charge in [-0.1, -0.05) is 218 Å². The van der Waals surface area contributed by atoms with E-state index in [2.05, 4.69) is 20.7 Å². The van der Waals surface area contributed by atoms with Crippen LogP contribution in [0.25, 0.3) is 5.53 Å². The summed E-state index contributed by atoms with van der Waals surface area (Å²) in [7, 11) is -6.50. The van der Waals surface area contributed by atoms with Crippen molar-refractivity contribution in [3.8, 4) is 0 Å². The second kappa shape index (κ2) is 25.6. The Balaban J connectivity index is 0.000000192. The molecule has 0 aliphatic rings. The molecule has 0 atom stereocenters. The fourth-order valence-electron chi connectivity index (χ4n) is 7.30. The van der Waals surface area contributed by atoms with Crippen molar-refractivity contribution in [2.75, 3.05) is 6.54 Å².